The average molecular weight is 249 g/mol. The van der Waals surface area contributed by atoms with Crippen LogP contribution >= 0.6 is 0 Å². The summed E-state index contributed by atoms with van der Waals surface area (Å²) in [6, 6.07) is 4.18. The van der Waals surface area contributed by atoms with E-state index in [0.29, 0.717) is 6.07 Å². The van der Waals surface area contributed by atoms with Crippen molar-refractivity contribution in [2.45, 2.75) is 0 Å². The quantitative estimate of drug-likeness (QED) is 0.760. The Bertz CT molecular complexity index is 632. The zero-order valence-corrected chi connectivity index (χ0v) is 8.75. The van der Waals surface area contributed by atoms with Crippen molar-refractivity contribution >= 4 is 17.5 Å². The minimum Gasteiger partial charge on any atom is -0.347 e. The molecule has 1 heterocycles. The number of imide groups is 1. The number of nitriles is 1. The smallest absolute Gasteiger partial charge is 0.276 e. The van der Waals surface area contributed by atoms with Gasteiger partial charge in [0.2, 0.25) is 0 Å². The maximum atomic E-state index is 13.3. The third kappa shape index (κ3) is 1.91. The molecule has 0 aromatic heterocycles. The number of carbonyl (C=O) groups excluding carboxylic acids is 2. The van der Waals surface area contributed by atoms with Gasteiger partial charge in [0.1, 0.15) is 29.0 Å². The molecule has 0 spiro atoms. The second-order valence-corrected chi connectivity index (χ2v) is 3.39. The van der Waals surface area contributed by atoms with Crippen molar-refractivity contribution in [1.82, 2.24) is 5.32 Å². The molecular formula is C11H5F2N3O2. The normalized spacial score (nSPS) is 14.5. The maximum absolute atomic E-state index is 13.3. The monoisotopic (exact) mass is 249 g/mol. The summed E-state index contributed by atoms with van der Waals surface area (Å²) in [7, 11) is 0. The van der Waals surface area contributed by atoms with Crippen LogP contribution in [0.2, 0.25) is 0 Å². The Morgan fingerprint density at radius 2 is 1.94 bits per heavy atom. The summed E-state index contributed by atoms with van der Waals surface area (Å²) in [5, 5.41) is 12.9. The first-order valence-corrected chi connectivity index (χ1v) is 4.75. The van der Waals surface area contributed by atoms with Crippen molar-refractivity contribution < 1.29 is 18.4 Å². The van der Waals surface area contributed by atoms with E-state index in [0.717, 1.165) is 12.1 Å². The number of hydrogen-bond donors (Lipinski definition) is 2. The number of carbonyl (C=O) groups is 2. The molecule has 90 valence electrons. The van der Waals surface area contributed by atoms with Crippen LogP contribution in [-0.4, -0.2) is 11.8 Å². The molecule has 0 fully saturated rings. The molecule has 2 rings (SSSR count). The Labute approximate surface area is 99.7 Å². The number of rotatable bonds is 2. The molecule has 18 heavy (non-hydrogen) atoms. The summed E-state index contributed by atoms with van der Waals surface area (Å²) in [4.78, 5) is 22.5. The van der Waals surface area contributed by atoms with Crippen LogP contribution in [-0.2, 0) is 9.59 Å². The Kier molecular flexibility index (Phi) is 2.77. The SMILES string of the molecule is N#CC1=C(Nc2ccc(F)cc2F)C(=O)NC1=O. The molecule has 0 saturated carbocycles. The molecule has 0 unspecified atom stereocenters. The molecule has 0 atom stereocenters. The van der Waals surface area contributed by atoms with Crippen molar-refractivity contribution in [1.29, 1.82) is 5.26 Å². The second kappa shape index (κ2) is 4.25. The molecule has 1 aliphatic rings. The summed E-state index contributed by atoms with van der Waals surface area (Å²) in [6.07, 6.45) is 0. The van der Waals surface area contributed by atoms with Crippen LogP contribution in [0.15, 0.2) is 29.5 Å². The Balaban J connectivity index is 2.40. The molecule has 0 radical (unpaired) electrons. The van der Waals surface area contributed by atoms with Crippen molar-refractivity contribution in [3.05, 3.63) is 41.1 Å². The molecule has 5 nitrogen and oxygen atoms in total. The summed E-state index contributed by atoms with van der Waals surface area (Å²) >= 11 is 0. The Hall–Kier alpha value is -2.75. The Morgan fingerprint density at radius 1 is 1.22 bits per heavy atom. The molecule has 1 aromatic carbocycles. The highest BCUT2D eigenvalue weighted by Gasteiger charge is 2.30. The zero-order chi connectivity index (χ0) is 13.3. The first-order chi connectivity index (χ1) is 8.52. The highest BCUT2D eigenvalue weighted by Crippen LogP contribution is 2.20. The third-order valence-electron chi connectivity index (χ3n) is 2.23. The van der Waals surface area contributed by atoms with Gasteiger partial charge in [-0.2, -0.15) is 5.26 Å². The van der Waals surface area contributed by atoms with Crippen LogP contribution in [0.25, 0.3) is 0 Å². The lowest BCUT2D eigenvalue weighted by molar-refractivity contribution is -0.124. The maximum Gasteiger partial charge on any atom is 0.276 e. The van der Waals surface area contributed by atoms with E-state index in [1.165, 1.54) is 6.07 Å². The van der Waals surface area contributed by atoms with Gasteiger partial charge in [-0.1, -0.05) is 0 Å². The predicted octanol–water partition coefficient (Wildman–Crippen LogP) is 0.811. The van der Waals surface area contributed by atoms with Crippen LogP contribution in [0.3, 0.4) is 0 Å². The number of anilines is 1. The van der Waals surface area contributed by atoms with E-state index >= 15 is 0 Å². The van der Waals surface area contributed by atoms with Crippen molar-refractivity contribution in [2.24, 2.45) is 0 Å². The van der Waals surface area contributed by atoms with Crippen LogP contribution in [0.4, 0.5) is 14.5 Å². The van der Waals surface area contributed by atoms with Crippen LogP contribution in [0.5, 0.6) is 0 Å². The van der Waals surface area contributed by atoms with Gasteiger partial charge in [-0.05, 0) is 12.1 Å². The highest BCUT2D eigenvalue weighted by molar-refractivity contribution is 6.22. The van der Waals surface area contributed by atoms with Crippen LogP contribution in [0.1, 0.15) is 0 Å². The Morgan fingerprint density at radius 3 is 2.56 bits per heavy atom. The van der Waals surface area contributed by atoms with E-state index in [2.05, 4.69) is 5.32 Å². The van der Waals surface area contributed by atoms with E-state index in [1.54, 1.807) is 0 Å². The minimum atomic E-state index is -0.938. The van der Waals surface area contributed by atoms with Gasteiger partial charge in [-0.25, -0.2) is 8.78 Å². The summed E-state index contributed by atoms with van der Waals surface area (Å²) in [5.74, 6) is -3.40. The molecule has 1 aromatic rings. The van der Waals surface area contributed by atoms with E-state index in [1.807, 2.05) is 5.32 Å². The fraction of sp³-hybridized carbons (Fsp3) is 0. The number of nitrogens with zero attached hydrogens (tertiary/aromatic N) is 1. The number of halogens is 2. The molecular weight excluding hydrogens is 244 g/mol. The van der Waals surface area contributed by atoms with E-state index < -0.39 is 29.0 Å². The second-order valence-electron chi connectivity index (χ2n) is 3.39. The molecule has 2 amide bonds. The lowest BCUT2D eigenvalue weighted by atomic mass is 10.2. The molecule has 0 saturated heterocycles. The lowest BCUT2D eigenvalue weighted by Crippen LogP contribution is -2.24. The molecule has 0 aliphatic carbocycles. The van der Waals surface area contributed by atoms with E-state index in [4.69, 9.17) is 5.26 Å². The van der Waals surface area contributed by atoms with Gasteiger partial charge in [-0.3, -0.25) is 14.9 Å². The summed E-state index contributed by atoms with van der Waals surface area (Å²) in [5.41, 5.74) is -0.999. The van der Waals surface area contributed by atoms with E-state index in [-0.39, 0.29) is 11.4 Å². The van der Waals surface area contributed by atoms with Gasteiger partial charge in [0, 0.05) is 6.07 Å². The van der Waals surface area contributed by atoms with Gasteiger partial charge in [-0.15, -0.1) is 0 Å². The lowest BCUT2D eigenvalue weighted by Gasteiger charge is -2.06. The first-order valence-electron chi connectivity index (χ1n) is 4.75. The molecule has 2 N–H and O–H groups in total. The first kappa shape index (κ1) is 11.7. The number of hydrogen-bond acceptors (Lipinski definition) is 4. The van der Waals surface area contributed by atoms with Crippen molar-refractivity contribution in [2.75, 3.05) is 5.32 Å². The standard InChI is InChI=1S/C11H5F2N3O2/c12-5-1-2-8(7(13)3-5)15-9-6(4-14)10(17)16-11(9)18/h1-3H,(H2,15,16,17,18). The molecule has 7 heteroatoms. The van der Waals surface area contributed by atoms with Gasteiger partial charge in [0.25, 0.3) is 11.8 Å². The van der Waals surface area contributed by atoms with Crippen molar-refractivity contribution in [3.63, 3.8) is 0 Å². The minimum absolute atomic E-state index is 0.205. The van der Waals surface area contributed by atoms with Crippen molar-refractivity contribution in [3.8, 4) is 6.07 Å². The summed E-state index contributed by atoms with van der Waals surface area (Å²) in [6.45, 7) is 0. The number of benzene rings is 1. The van der Waals surface area contributed by atoms with Gasteiger partial charge in [0.15, 0.2) is 0 Å². The van der Waals surface area contributed by atoms with E-state index in [9.17, 15) is 18.4 Å². The van der Waals surface area contributed by atoms with Crippen LogP contribution in [0, 0.1) is 23.0 Å². The van der Waals surface area contributed by atoms with Gasteiger partial charge >= 0.3 is 0 Å². The zero-order valence-electron chi connectivity index (χ0n) is 8.75. The predicted molar refractivity (Wildman–Crippen MR) is 55.8 cm³/mol. The highest BCUT2D eigenvalue weighted by atomic mass is 19.1. The molecule has 1 aliphatic heterocycles. The van der Waals surface area contributed by atoms with Gasteiger partial charge in [0.05, 0.1) is 5.69 Å². The topological polar surface area (TPSA) is 82.0 Å². The fourth-order valence-corrected chi connectivity index (χ4v) is 1.41. The van der Waals surface area contributed by atoms with Crippen LogP contribution < -0.4 is 10.6 Å². The largest absolute Gasteiger partial charge is 0.347 e. The van der Waals surface area contributed by atoms with Gasteiger partial charge < -0.3 is 5.32 Å². The summed E-state index contributed by atoms with van der Waals surface area (Å²) < 4.78 is 26.0. The number of nitrogens with one attached hydrogen (secondary N) is 2. The third-order valence-corrected chi connectivity index (χ3v) is 2.23. The number of amides is 2. The molecule has 0 bridgehead atoms. The average Bonchev–Trinajstić information content (AvgIpc) is 2.57. The fourth-order valence-electron chi connectivity index (χ4n) is 1.41.